The minimum atomic E-state index is -0.457. The van der Waals surface area contributed by atoms with Crippen LogP contribution in [0.5, 0.6) is 0 Å². The Morgan fingerprint density at radius 1 is 1.50 bits per heavy atom. The number of ether oxygens (including phenoxy) is 1. The van der Waals surface area contributed by atoms with Gasteiger partial charge < -0.3 is 15.0 Å². The summed E-state index contributed by atoms with van der Waals surface area (Å²) in [7, 11) is 3.20. The molecule has 0 saturated carbocycles. The predicted octanol–water partition coefficient (Wildman–Crippen LogP) is 1.54. The van der Waals surface area contributed by atoms with Gasteiger partial charge in [-0.25, -0.2) is 9.97 Å². The van der Waals surface area contributed by atoms with Crippen LogP contribution in [0.2, 0.25) is 0 Å². The molecular formula is C12H21N5O3. The van der Waals surface area contributed by atoms with Crippen molar-refractivity contribution in [1.82, 2.24) is 9.97 Å². The summed E-state index contributed by atoms with van der Waals surface area (Å²) in [6.45, 7) is 5.76. The molecule has 0 bridgehead atoms. The molecule has 1 heterocycles. The van der Waals surface area contributed by atoms with Crippen molar-refractivity contribution in [2.75, 3.05) is 44.1 Å². The largest absolute Gasteiger partial charge is 0.383 e. The highest BCUT2D eigenvalue weighted by Crippen LogP contribution is 2.31. The van der Waals surface area contributed by atoms with Crippen LogP contribution in [0.15, 0.2) is 6.33 Å². The second-order valence-corrected chi connectivity index (χ2v) is 4.73. The average molecular weight is 283 g/mol. The van der Waals surface area contributed by atoms with Gasteiger partial charge in [0, 0.05) is 27.2 Å². The maximum atomic E-state index is 11.3. The highest BCUT2D eigenvalue weighted by Gasteiger charge is 2.26. The maximum absolute atomic E-state index is 11.3. The lowest BCUT2D eigenvalue weighted by Gasteiger charge is -2.25. The zero-order valence-electron chi connectivity index (χ0n) is 12.3. The van der Waals surface area contributed by atoms with Crippen LogP contribution in [0.1, 0.15) is 13.8 Å². The summed E-state index contributed by atoms with van der Waals surface area (Å²) < 4.78 is 5.06. The Kier molecular flexibility index (Phi) is 6.10. The van der Waals surface area contributed by atoms with Gasteiger partial charge in [0.25, 0.3) is 0 Å². The molecule has 0 unspecified atom stereocenters. The van der Waals surface area contributed by atoms with Crippen LogP contribution >= 0.6 is 0 Å². The number of hydrogen-bond acceptors (Lipinski definition) is 7. The molecule has 20 heavy (non-hydrogen) atoms. The third-order valence-electron chi connectivity index (χ3n) is 2.67. The average Bonchev–Trinajstić information content (AvgIpc) is 2.41. The number of nitrogens with one attached hydrogen (secondary N) is 1. The van der Waals surface area contributed by atoms with Crippen LogP contribution in [0.25, 0.3) is 0 Å². The van der Waals surface area contributed by atoms with Crippen molar-refractivity contribution in [3.8, 4) is 0 Å². The van der Waals surface area contributed by atoms with E-state index in [2.05, 4.69) is 15.3 Å². The first-order valence-corrected chi connectivity index (χ1v) is 6.42. The molecule has 1 aromatic rings. The quantitative estimate of drug-likeness (QED) is 0.571. The highest BCUT2D eigenvalue weighted by atomic mass is 16.6. The summed E-state index contributed by atoms with van der Waals surface area (Å²) >= 11 is 0. The Labute approximate surface area is 118 Å². The Morgan fingerprint density at radius 2 is 2.20 bits per heavy atom. The number of nitro groups is 1. The lowest BCUT2D eigenvalue weighted by molar-refractivity contribution is -0.383. The van der Waals surface area contributed by atoms with E-state index >= 15 is 0 Å². The molecule has 0 aliphatic carbocycles. The fourth-order valence-electron chi connectivity index (χ4n) is 1.88. The van der Waals surface area contributed by atoms with Gasteiger partial charge >= 0.3 is 5.69 Å². The summed E-state index contributed by atoms with van der Waals surface area (Å²) in [5, 5.41) is 14.0. The van der Waals surface area contributed by atoms with Gasteiger partial charge in [-0.05, 0) is 5.92 Å². The first-order valence-electron chi connectivity index (χ1n) is 6.42. The van der Waals surface area contributed by atoms with Crippen LogP contribution in [0, 0.1) is 16.0 Å². The molecule has 8 heteroatoms. The SMILES string of the molecule is CNc1ncnc(N(CCOC)CC(C)C)c1[N+](=O)[O-]. The van der Waals surface area contributed by atoms with Gasteiger partial charge in [0.05, 0.1) is 11.5 Å². The fraction of sp³-hybridized carbons (Fsp3) is 0.667. The lowest BCUT2D eigenvalue weighted by Crippen LogP contribution is -2.32. The smallest absolute Gasteiger partial charge is 0.353 e. The zero-order chi connectivity index (χ0) is 15.1. The van der Waals surface area contributed by atoms with Crippen LogP contribution in [0.3, 0.4) is 0 Å². The molecular weight excluding hydrogens is 262 g/mol. The summed E-state index contributed by atoms with van der Waals surface area (Å²) in [6, 6.07) is 0. The molecule has 0 fully saturated rings. The van der Waals surface area contributed by atoms with Crippen molar-refractivity contribution in [1.29, 1.82) is 0 Å². The molecule has 0 aliphatic heterocycles. The molecule has 0 amide bonds. The molecule has 0 spiro atoms. The number of nitrogens with zero attached hydrogens (tertiary/aromatic N) is 4. The number of methoxy groups -OCH3 is 1. The number of rotatable bonds is 8. The Balaban J connectivity index is 3.20. The molecule has 1 aromatic heterocycles. The fourth-order valence-corrected chi connectivity index (χ4v) is 1.88. The second kappa shape index (κ2) is 7.59. The number of aromatic nitrogens is 2. The molecule has 0 aliphatic rings. The maximum Gasteiger partial charge on any atom is 0.353 e. The molecule has 112 valence electrons. The van der Waals surface area contributed by atoms with Crippen molar-refractivity contribution >= 4 is 17.3 Å². The van der Waals surface area contributed by atoms with Crippen LogP contribution in [0.4, 0.5) is 17.3 Å². The summed E-state index contributed by atoms with van der Waals surface area (Å²) in [4.78, 5) is 20.7. The van der Waals surface area contributed by atoms with E-state index in [4.69, 9.17) is 4.74 Å². The topological polar surface area (TPSA) is 93.4 Å². The Morgan fingerprint density at radius 3 is 2.70 bits per heavy atom. The number of hydrogen-bond donors (Lipinski definition) is 1. The number of anilines is 2. The van der Waals surface area contributed by atoms with Crippen molar-refractivity contribution in [2.24, 2.45) is 5.92 Å². The van der Waals surface area contributed by atoms with E-state index in [0.717, 1.165) is 0 Å². The van der Waals surface area contributed by atoms with Gasteiger partial charge in [-0.15, -0.1) is 0 Å². The van der Waals surface area contributed by atoms with E-state index in [1.54, 1.807) is 14.2 Å². The minimum Gasteiger partial charge on any atom is -0.383 e. The van der Waals surface area contributed by atoms with Gasteiger partial charge in [-0.3, -0.25) is 10.1 Å². The van der Waals surface area contributed by atoms with Crippen molar-refractivity contribution in [3.05, 3.63) is 16.4 Å². The standard InChI is InChI=1S/C12H21N5O3/c1-9(2)7-16(5-6-20-4)12-10(17(18)19)11(13-3)14-8-15-12/h8-9H,5-7H2,1-4H3,(H,13,14,15). The normalized spacial score (nSPS) is 10.7. The third kappa shape index (κ3) is 4.02. The van der Waals surface area contributed by atoms with Gasteiger partial charge in [0.15, 0.2) is 0 Å². The summed E-state index contributed by atoms with van der Waals surface area (Å²) in [5.74, 6) is 0.880. The van der Waals surface area contributed by atoms with Gasteiger partial charge in [0.2, 0.25) is 11.6 Å². The molecule has 0 radical (unpaired) electrons. The van der Waals surface area contributed by atoms with Crippen LogP contribution in [-0.4, -0.2) is 48.7 Å². The molecule has 1 N–H and O–H groups in total. The third-order valence-corrected chi connectivity index (χ3v) is 2.67. The van der Waals surface area contributed by atoms with E-state index in [9.17, 15) is 10.1 Å². The highest BCUT2D eigenvalue weighted by molar-refractivity contribution is 5.70. The van der Waals surface area contributed by atoms with E-state index in [0.29, 0.717) is 31.4 Å². The van der Waals surface area contributed by atoms with Crippen LogP contribution in [-0.2, 0) is 4.74 Å². The van der Waals surface area contributed by atoms with Crippen molar-refractivity contribution < 1.29 is 9.66 Å². The Hall–Kier alpha value is -1.96. The molecule has 0 atom stereocenters. The van der Waals surface area contributed by atoms with E-state index in [1.807, 2.05) is 18.7 Å². The second-order valence-electron chi connectivity index (χ2n) is 4.73. The molecule has 0 saturated heterocycles. The molecule has 1 rings (SSSR count). The monoisotopic (exact) mass is 283 g/mol. The summed E-state index contributed by atoms with van der Waals surface area (Å²) in [6.07, 6.45) is 1.33. The zero-order valence-corrected chi connectivity index (χ0v) is 12.3. The molecule has 8 nitrogen and oxygen atoms in total. The van der Waals surface area contributed by atoms with Crippen molar-refractivity contribution in [3.63, 3.8) is 0 Å². The van der Waals surface area contributed by atoms with Gasteiger partial charge in [0.1, 0.15) is 6.33 Å². The van der Waals surface area contributed by atoms with E-state index in [-0.39, 0.29) is 11.5 Å². The van der Waals surface area contributed by atoms with Gasteiger partial charge in [-0.2, -0.15) is 0 Å². The molecule has 0 aromatic carbocycles. The lowest BCUT2D eigenvalue weighted by atomic mass is 10.2. The van der Waals surface area contributed by atoms with Gasteiger partial charge in [-0.1, -0.05) is 13.8 Å². The minimum absolute atomic E-state index is 0.105. The first kappa shape index (κ1) is 16.1. The Bertz CT molecular complexity index is 453. The van der Waals surface area contributed by atoms with Crippen LogP contribution < -0.4 is 10.2 Å². The van der Waals surface area contributed by atoms with E-state index < -0.39 is 4.92 Å². The van der Waals surface area contributed by atoms with Crippen molar-refractivity contribution in [2.45, 2.75) is 13.8 Å². The predicted molar refractivity (Wildman–Crippen MR) is 77.2 cm³/mol. The van der Waals surface area contributed by atoms with E-state index in [1.165, 1.54) is 6.33 Å². The summed E-state index contributed by atoms with van der Waals surface area (Å²) in [5.41, 5.74) is -0.105. The first-order chi connectivity index (χ1) is 9.51.